The minimum atomic E-state index is -1.09. The van der Waals surface area contributed by atoms with E-state index < -0.39 is 13.8 Å². The van der Waals surface area contributed by atoms with E-state index in [0.29, 0.717) is 0 Å². The second kappa shape index (κ2) is 3.66. The molecule has 0 spiro atoms. The molecule has 0 bridgehead atoms. The van der Waals surface area contributed by atoms with E-state index in [-0.39, 0.29) is 0 Å². The molecule has 0 aliphatic carbocycles. The van der Waals surface area contributed by atoms with Crippen molar-refractivity contribution < 1.29 is 3.73 Å². The molecule has 11 heavy (non-hydrogen) atoms. The first-order valence-electron chi connectivity index (χ1n) is 3.58. The molecule has 0 N–H and O–H groups in total. The second-order valence-electron chi connectivity index (χ2n) is 2.26. The van der Waals surface area contributed by atoms with Crippen molar-refractivity contribution in [1.29, 1.82) is 0 Å². The Labute approximate surface area is 74.7 Å². The van der Waals surface area contributed by atoms with Gasteiger partial charge in [0.25, 0.3) is 0 Å². The Morgan fingerprint density at radius 3 is 2.73 bits per heavy atom. The van der Waals surface area contributed by atoms with Crippen LogP contribution in [0.25, 0.3) is 0 Å². The summed E-state index contributed by atoms with van der Waals surface area (Å²) >= 11 is -1.09. The van der Waals surface area contributed by atoms with Crippen LogP contribution in [0.1, 0.15) is 0 Å². The molecule has 2 rings (SSSR count). The van der Waals surface area contributed by atoms with Gasteiger partial charge in [0.1, 0.15) is 0 Å². The molecule has 1 nitrogen and oxygen atoms in total. The fourth-order valence-corrected chi connectivity index (χ4v) is 7.46. The van der Waals surface area contributed by atoms with Crippen molar-refractivity contribution in [3.63, 3.8) is 0 Å². The van der Waals surface area contributed by atoms with Crippen molar-refractivity contribution in [1.82, 2.24) is 0 Å². The van der Waals surface area contributed by atoms with E-state index in [0.717, 1.165) is 6.61 Å². The molecule has 1 heterocycles. The number of hydrogen-bond acceptors (Lipinski definition) is 2. The molecule has 1 fully saturated rings. The maximum absolute atomic E-state index is 5.65. The molecule has 1 saturated heterocycles. The molecule has 0 radical (unpaired) electrons. The van der Waals surface area contributed by atoms with Gasteiger partial charge in [-0.1, -0.05) is 0 Å². The van der Waals surface area contributed by atoms with E-state index in [4.69, 9.17) is 3.73 Å². The van der Waals surface area contributed by atoms with Crippen LogP contribution < -0.4 is 4.35 Å². The van der Waals surface area contributed by atoms with Gasteiger partial charge in [0.05, 0.1) is 0 Å². The molecule has 1 atom stereocenters. The van der Waals surface area contributed by atoms with Gasteiger partial charge < -0.3 is 0 Å². The molecular formula is C8H9AsOS. The van der Waals surface area contributed by atoms with Crippen LogP contribution in [-0.4, -0.2) is 26.2 Å². The van der Waals surface area contributed by atoms with Gasteiger partial charge in [-0.3, -0.25) is 0 Å². The first-order chi connectivity index (χ1) is 5.47. The third-order valence-corrected chi connectivity index (χ3v) is 8.70. The Morgan fingerprint density at radius 2 is 2.09 bits per heavy atom. The van der Waals surface area contributed by atoms with Crippen molar-refractivity contribution in [3.05, 3.63) is 30.3 Å². The summed E-state index contributed by atoms with van der Waals surface area (Å²) in [6, 6.07) is 10.6. The van der Waals surface area contributed by atoms with Gasteiger partial charge in [-0.25, -0.2) is 0 Å². The molecule has 0 aromatic heterocycles. The zero-order valence-corrected chi connectivity index (χ0v) is 8.76. The van der Waals surface area contributed by atoms with E-state index in [9.17, 15) is 0 Å². The summed E-state index contributed by atoms with van der Waals surface area (Å²) in [5.74, 6) is 1.19. The van der Waals surface area contributed by atoms with Gasteiger partial charge in [0, 0.05) is 0 Å². The van der Waals surface area contributed by atoms with Crippen molar-refractivity contribution in [2.24, 2.45) is 0 Å². The SMILES string of the molecule is c1ccc([As]2OCCS2)cc1. The third kappa shape index (κ3) is 1.81. The van der Waals surface area contributed by atoms with Crippen LogP contribution in [0.4, 0.5) is 0 Å². The summed E-state index contributed by atoms with van der Waals surface area (Å²) in [5.41, 5.74) is 0. The van der Waals surface area contributed by atoms with Crippen LogP contribution in [0.15, 0.2) is 30.3 Å². The Balaban J connectivity index is 2.16. The van der Waals surface area contributed by atoms with Gasteiger partial charge in [-0.2, -0.15) is 0 Å². The van der Waals surface area contributed by atoms with Crippen LogP contribution in [0.2, 0.25) is 0 Å². The topological polar surface area (TPSA) is 9.23 Å². The molecule has 0 amide bonds. The quantitative estimate of drug-likeness (QED) is 0.667. The van der Waals surface area contributed by atoms with E-state index in [1.807, 2.05) is 10.0 Å². The maximum atomic E-state index is 5.65. The molecule has 3 heteroatoms. The fourth-order valence-electron chi connectivity index (χ4n) is 0.976. The predicted octanol–water partition coefficient (Wildman–Crippen LogP) is 1.15. The van der Waals surface area contributed by atoms with Crippen LogP contribution >= 0.6 is 10.0 Å². The number of hydrogen-bond donors (Lipinski definition) is 0. The van der Waals surface area contributed by atoms with E-state index in [2.05, 4.69) is 30.3 Å². The average molecular weight is 228 g/mol. The van der Waals surface area contributed by atoms with E-state index in [1.54, 1.807) is 0 Å². The zero-order chi connectivity index (χ0) is 7.52. The average Bonchev–Trinajstić information content (AvgIpc) is 2.58. The van der Waals surface area contributed by atoms with Gasteiger partial charge >= 0.3 is 74.6 Å². The second-order valence-corrected chi connectivity index (χ2v) is 8.98. The minimum absolute atomic E-state index is 0.958. The monoisotopic (exact) mass is 228 g/mol. The zero-order valence-electron chi connectivity index (χ0n) is 6.06. The first-order valence-corrected chi connectivity index (χ1v) is 8.52. The van der Waals surface area contributed by atoms with Gasteiger partial charge in [0.15, 0.2) is 0 Å². The molecule has 0 saturated carbocycles. The summed E-state index contributed by atoms with van der Waals surface area (Å²) in [4.78, 5) is 0. The van der Waals surface area contributed by atoms with Crippen LogP contribution in [-0.2, 0) is 3.73 Å². The van der Waals surface area contributed by atoms with Crippen molar-refractivity contribution in [2.75, 3.05) is 12.4 Å². The Morgan fingerprint density at radius 1 is 1.27 bits per heavy atom. The van der Waals surface area contributed by atoms with Crippen molar-refractivity contribution in [3.8, 4) is 0 Å². The molecule has 1 unspecified atom stereocenters. The normalized spacial score (nSPS) is 23.8. The molecular weight excluding hydrogens is 219 g/mol. The Hall–Kier alpha value is 0.0884. The molecule has 1 aromatic rings. The predicted molar refractivity (Wildman–Crippen MR) is 50.2 cm³/mol. The van der Waals surface area contributed by atoms with Gasteiger partial charge in [-0.15, -0.1) is 0 Å². The number of benzene rings is 1. The van der Waals surface area contributed by atoms with Crippen LogP contribution in [0.3, 0.4) is 0 Å². The fraction of sp³-hybridized carbons (Fsp3) is 0.250. The summed E-state index contributed by atoms with van der Waals surface area (Å²) in [6.45, 7) is 0.958. The van der Waals surface area contributed by atoms with Crippen molar-refractivity contribution in [2.45, 2.75) is 0 Å². The van der Waals surface area contributed by atoms with Gasteiger partial charge in [0.2, 0.25) is 0 Å². The molecule has 58 valence electrons. The summed E-state index contributed by atoms with van der Waals surface area (Å²) < 4.78 is 7.08. The number of rotatable bonds is 1. The van der Waals surface area contributed by atoms with Gasteiger partial charge in [-0.05, 0) is 0 Å². The van der Waals surface area contributed by atoms with E-state index in [1.165, 1.54) is 10.1 Å². The Bertz CT molecular complexity index is 221. The standard InChI is InChI=1S/C8H9AsOS/c1-2-4-8(5-3-1)9-10-6-7-11-9/h1-5H,6-7H2. The molecule has 1 aliphatic rings. The molecule has 1 aromatic carbocycles. The third-order valence-electron chi connectivity index (χ3n) is 1.47. The Kier molecular flexibility index (Phi) is 2.57. The summed E-state index contributed by atoms with van der Waals surface area (Å²) in [6.07, 6.45) is 0. The summed E-state index contributed by atoms with van der Waals surface area (Å²) in [7, 11) is 2.02. The van der Waals surface area contributed by atoms with Crippen LogP contribution in [0.5, 0.6) is 0 Å². The summed E-state index contributed by atoms with van der Waals surface area (Å²) in [5, 5.41) is 0. The first kappa shape index (κ1) is 7.72. The van der Waals surface area contributed by atoms with Crippen LogP contribution in [0, 0.1) is 0 Å². The molecule has 1 aliphatic heterocycles. The van der Waals surface area contributed by atoms with Crippen molar-refractivity contribution >= 4 is 28.2 Å². The van der Waals surface area contributed by atoms with E-state index >= 15 is 0 Å².